The molecule has 0 aliphatic carbocycles. The van der Waals surface area contributed by atoms with Crippen LogP contribution in [0.25, 0.3) is 0 Å². The Morgan fingerprint density at radius 3 is 1.67 bits per heavy atom. The highest BCUT2D eigenvalue weighted by atomic mass is 15.3. The highest BCUT2D eigenvalue weighted by molar-refractivity contribution is 4.45. The third kappa shape index (κ3) is 10.2. The number of hydrogen-bond donors (Lipinski definition) is 0. The molecule has 15 heavy (non-hydrogen) atoms. The van der Waals surface area contributed by atoms with Crippen LogP contribution >= 0.6 is 0 Å². The zero-order valence-electron chi connectivity index (χ0n) is 11.5. The second-order valence-electron chi connectivity index (χ2n) is 5.50. The molecule has 0 aliphatic rings. The van der Waals surface area contributed by atoms with Crippen LogP contribution in [0.4, 0.5) is 0 Å². The predicted octanol–water partition coefficient (Wildman–Crippen LogP) is 4.22. The van der Waals surface area contributed by atoms with Gasteiger partial charge in [0.15, 0.2) is 0 Å². The molecule has 1 nitrogen and oxygen atoms in total. The average Bonchev–Trinajstić information content (AvgIpc) is 2.16. The van der Waals surface area contributed by atoms with E-state index in [1.54, 1.807) is 0 Å². The van der Waals surface area contributed by atoms with Crippen molar-refractivity contribution in [1.29, 1.82) is 0 Å². The van der Waals surface area contributed by atoms with Crippen LogP contribution in [-0.4, -0.2) is 31.7 Å². The smallest absolute Gasteiger partial charge is 0.0782 e. The van der Waals surface area contributed by atoms with Crippen LogP contribution in [0.3, 0.4) is 0 Å². The topological polar surface area (TPSA) is 0 Å². The van der Waals surface area contributed by atoms with Gasteiger partial charge in [-0.3, -0.25) is 0 Å². The molecule has 0 N–H and O–H groups in total. The van der Waals surface area contributed by atoms with E-state index < -0.39 is 0 Å². The second-order valence-corrected chi connectivity index (χ2v) is 5.50. The van der Waals surface area contributed by atoms with Crippen molar-refractivity contribution in [3.63, 3.8) is 0 Å². The number of rotatable bonds is 10. The first-order chi connectivity index (χ1) is 7.12. The maximum absolute atomic E-state index is 2.36. The lowest BCUT2D eigenvalue weighted by Gasteiger charge is -2.29. The zero-order valence-corrected chi connectivity index (χ0v) is 11.5. The summed E-state index contributed by atoms with van der Waals surface area (Å²) >= 11 is 0. The minimum absolute atomic E-state index is 1.21. The molecule has 0 radical (unpaired) electrons. The highest BCUT2D eigenvalue weighted by Crippen LogP contribution is 2.09. The van der Waals surface area contributed by atoms with E-state index in [-0.39, 0.29) is 0 Å². The summed E-state index contributed by atoms with van der Waals surface area (Å²) in [5, 5.41) is 0. The fourth-order valence-corrected chi connectivity index (χ4v) is 2.21. The van der Waals surface area contributed by atoms with Gasteiger partial charge in [0.1, 0.15) is 0 Å². The lowest BCUT2D eigenvalue weighted by molar-refractivity contribution is -0.890. The van der Waals surface area contributed by atoms with Crippen molar-refractivity contribution in [2.24, 2.45) is 0 Å². The van der Waals surface area contributed by atoms with Crippen LogP contribution in [0.1, 0.15) is 65.2 Å². The van der Waals surface area contributed by atoms with Gasteiger partial charge in [-0.1, -0.05) is 46.0 Å². The predicted molar refractivity (Wildman–Crippen MR) is 70.1 cm³/mol. The van der Waals surface area contributed by atoms with Crippen LogP contribution < -0.4 is 0 Å². The molecule has 0 heterocycles. The van der Waals surface area contributed by atoms with E-state index in [2.05, 4.69) is 27.9 Å². The maximum Gasteiger partial charge on any atom is 0.0782 e. The first-order valence-electron chi connectivity index (χ1n) is 6.94. The number of nitrogens with zero attached hydrogens (tertiary/aromatic N) is 1. The van der Waals surface area contributed by atoms with Crippen molar-refractivity contribution in [2.75, 3.05) is 27.2 Å². The number of unbranched alkanes of at least 4 members (excludes halogenated alkanes) is 6. The Morgan fingerprint density at radius 1 is 0.600 bits per heavy atom. The molecule has 0 amide bonds. The van der Waals surface area contributed by atoms with Crippen LogP contribution in [-0.2, 0) is 0 Å². The molecule has 0 atom stereocenters. The van der Waals surface area contributed by atoms with E-state index in [4.69, 9.17) is 0 Å². The van der Waals surface area contributed by atoms with Crippen molar-refractivity contribution in [3.05, 3.63) is 0 Å². The van der Waals surface area contributed by atoms with Crippen molar-refractivity contribution in [1.82, 2.24) is 0 Å². The van der Waals surface area contributed by atoms with Gasteiger partial charge in [-0.25, -0.2) is 0 Å². The van der Waals surface area contributed by atoms with Crippen molar-refractivity contribution in [2.45, 2.75) is 65.2 Å². The Morgan fingerprint density at radius 2 is 1.13 bits per heavy atom. The molecule has 92 valence electrons. The Kier molecular flexibility index (Phi) is 9.18. The summed E-state index contributed by atoms with van der Waals surface area (Å²) in [5.41, 5.74) is 0. The molecule has 0 fully saturated rings. The standard InChI is InChI=1S/C14H32N/c1-5-7-8-9-10-11-12-14-15(3,4)13-6-2/h5-14H2,1-4H3/q+1. The zero-order chi connectivity index (χ0) is 11.6. The van der Waals surface area contributed by atoms with E-state index in [1.807, 2.05) is 0 Å². The summed E-state index contributed by atoms with van der Waals surface area (Å²) in [6.07, 6.45) is 11.3. The third-order valence-corrected chi connectivity index (χ3v) is 3.20. The molecule has 1 heteroatoms. The van der Waals surface area contributed by atoms with E-state index in [1.165, 1.54) is 68.9 Å². The van der Waals surface area contributed by atoms with Gasteiger partial charge in [-0.15, -0.1) is 0 Å². The van der Waals surface area contributed by atoms with E-state index in [9.17, 15) is 0 Å². The van der Waals surface area contributed by atoms with Crippen molar-refractivity contribution < 1.29 is 4.48 Å². The average molecular weight is 214 g/mol. The van der Waals surface area contributed by atoms with Gasteiger partial charge in [0.25, 0.3) is 0 Å². The minimum Gasteiger partial charge on any atom is -0.328 e. The maximum atomic E-state index is 2.36. The van der Waals surface area contributed by atoms with Gasteiger partial charge in [0, 0.05) is 0 Å². The number of hydrogen-bond acceptors (Lipinski definition) is 0. The van der Waals surface area contributed by atoms with E-state index >= 15 is 0 Å². The van der Waals surface area contributed by atoms with Crippen LogP contribution in [0.5, 0.6) is 0 Å². The highest BCUT2D eigenvalue weighted by Gasteiger charge is 2.11. The lowest BCUT2D eigenvalue weighted by atomic mass is 10.1. The van der Waals surface area contributed by atoms with Gasteiger partial charge in [0.2, 0.25) is 0 Å². The van der Waals surface area contributed by atoms with Crippen molar-refractivity contribution in [3.8, 4) is 0 Å². The van der Waals surface area contributed by atoms with Crippen LogP contribution in [0.15, 0.2) is 0 Å². The lowest BCUT2D eigenvalue weighted by Crippen LogP contribution is -2.40. The molecule has 0 rings (SSSR count). The normalized spacial score (nSPS) is 12.0. The molecule has 0 aliphatic heterocycles. The molecule has 0 unspecified atom stereocenters. The summed E-state index contributed by atoms with van der Waals surface area (Å²) in [7, 11) is 4.72. The van der Waals surface area contributed by atoms with Gasteiger partial charge in [-0.05, 0) is 19.3 Å². The first-order valence-corrected chi connectivity index (χ1v) is 6.94. The minimum atomic E-state index is 1.21. The van der Waals surface area contributed by atoms with Crippen LogP contribution in [0.2, 0.25) is 0 Å². The summed E-state index contributed by atoms with van der Waals surface area (Å²) in [4.78, 5) is 0. The SMILES string of the molecule is CCCCCCCCC[N+](C)(C)CCC. The molecular weight excluding hydrogens is 182 g/mol. The Balaban J connectivity index is 3.22. The fraction of sp³-hybridized carbons (Fsp3) is 1.00. The Bertz CT molecular complexity index is 129. The van der Waals surface area contributed by atoms with Gasteiger partial charge < -0.3 is 4.48 Å². The monoisotopic (exact) mass is 214 g/mol. The summed E-state index contributed by atoms with van der Waals surface area (Å²) < 4.78 is 1.21. The quantitative estimate of drug-likeness (QED) is 0.377. The molecule has 0 aromatic carbocycles. The molecule has 0 saturated carbocycles. The Hall–Kier alpha value is -0.0400. The molecule has 0 aromatic heterocycles. The van der Waals surface area contributed by atoms with Gasteiger partial charge >= 0.3 is 0 Å². The second kappa shape index (κ2) is 9.21. The molecule has 0 spiro atoms. The first kappa shape index (κ1) is 15.0. The third-order valence-electron chi connectivity index (χ3n) is 3.20. The fourth-order valence-electron chi connectivity index (χ4n) is 2.21. The molecule has 0 bridgehead atoms. The van der Waals surface area contributed by atoms with E-state index in [0.717, 1.165) is 0 Å². The van der Waals surface area contributed by atoms with Gasteiger partial charge in [-0.2, -0.15) is 0 Å². The summed E-state index contributed by atoms with van der Waals surface area (Å²) in [6, 6.07) is 0. The Labute approximate surface area is 97.5 Å². The summed E-state index contributed by atoms with van der Waals surface area (Å²) in [6.45, 7) is 7.26. The van der Waals surface area contributed by atoms with Crippen molar-refractivity contribution >= 4 is 0 Å². The largest absolute Gasteiger partial charge is 0.328 e. The summed E-state index contributed by atoms with van der Waals surface area (Å²) in [5.74, 6) is 0. The molecule has 0 saturated heterocycles. The number of quaternary nitrogens is 1. The van der Waals surface area contributed by atoms with Gasteiger partial charge in [0.05, 0.1) is 27.2 Å². The van der Waals surface area contributed by atoms with Crippen LogP contribution in [0, 0.1) is 0 Å². The van der Waals surface area contributed by atoms with E-state index in [0.29, 0.717) is 0 Å². The molecular formula is C14H32N+. The molecule has 0 aromatic rings.